The summed E-state index contributed by atoms with van der Waals surface area (Å²) in [6, 6.07) is 3.87. The van der Waals surface area contributed by atoms with Gasteiger partial charge < -0.3 is 24.5 Å². The second kappa shape index (κ2) is 13.0. The first-order valence-electron chi connectivity index (χ1n) is 8.33. The van der Waals surface area contributed by atoms with Crippen LogP contribution < -0.4 is 10.6 Å². The van der Waals surface area contributed by atoms with Gasteiger partial charge in [0.15, 0.2) is 5.96 Å². The monoisotopic (exact) mass is 325 g/mol. The number of hydrogen-bond donors (Lipinski definition) is 2. The summed E-state index contributed by atoms with van der Waals surface area (Å²) < 4.78 is 16.0. The van der Waals surface area contributed by atoms with Gasteiger partial charge in [-0.05, 0) is 24.5 Å². The molecular weight excluding hydrogens is 294 g/mol. The lowest BCUT2D eigenvalue weighted by Crippen LogP contribution is -2.40. The highest BCUT2D eigenvalue weighted by Crippen LogP contribution is 1.99. The number of hydrogen-bond acceptors (Lipinski definition) is 4. The Kier molecular flexibility index (Phi) is 11.0. The van der Waals surface area contributed by atoms with Gasteiger partial charge in [0.1, 0.15) is 5.76 Å². The second-order valence-corrected chi connectivity index (χ2v) is 5.70. The van der Waals surface area contributed by atoms with Crippen molar-refractivity contribution in [2.24, 2.45) is 10.9 Å². The average molecular weight is 325 g/mol. The molecule has 6 nitrogen and oxygen atoms in total. The fourth-order valence-electron chi connectivity index (χ4n) is 1.85. The molecule has 0 unspecified atom stereocenters. The molecule has 0 bridgehead atoms. The van der Waals surface area contributed by atoms with Gasteiger partial charge in [-0.2, -0.15) is 0 Å². The summed E-state index contributed by atoms with van der Waals surface area (Å²) in [7, 11) is 1.69. The number of guanidine groups is 1. The smallest absolute Gasteiger partial charge is 0.191 e. The fraction of sp³-hybridized carbons (Fsp3) is 0.706. The molecule has 1 rings (SSSR count). The van der Waals surface area contributed by atoms with Crippen LogP contribution in [0.1, 0.15) is 26.0 Å². The third kappa shape index (κ3) is 10.8. The van der Waals surface area contributed by atoms with E-state index < -0.39 is 0 Å². The molecule has 0 aliphatic rings. The first-order valence-corrected chi connectivity index (χ1v) is 8.33. The predicted molar refractivity (Wildman–Crippen MR) is 92.9 cm³/mol. The number of nitrogens with zero attached hydrogens (tertiary/aromatic N) is 1. The van der Waals surface area contributed by atoms with Crippen LogP contribution in [-0.2, 0) is 15.9 Å². The number of ether oxygens (including phenoxy) is 2. The Balaban J connectivity index is 2.24. The quantitative estimate of drug-likeness (QED) is 0.350. The molecule has 1 heterocycles. The van der Waals surface area contributed by atoms with Crippen LogP contribution in [0.4, 0.5) is 0 Å². The van der Waals surface area contributed by atoms with Gasteiger partial charge in [0.25, 0.3) is 0 Å². The minimum Gasteiger partial charge on any atom is -0.469 e. The molecule has 0 atom stereocenters. The molecule has 0 saturated heterocycles. The van der Waals surface area contributed by atoms with Crippen molar-refractivity contribution >= 4 is 5.96 Å². The number of nitrogens with one attached hydrogen (secondary N) is 2. The summed E-state index contributed by atoms with van der Waals surface area (Å²) in [5.41, 5.74) is 0. The highest BCUT2D eigenvalue weighted by molar-refractivity contribution is 5.79. The zero-order valence-electron chi connectivity index (χ0n) is 14.6. The predicted octanol–water partition coefficient (Wildman–Crippen LogP) is 2.07. The summed E-state index contributed by atoms with van der Waals surface area (Å²) in [5.74, 6) is 2.42. The van der Waals surface area contributed by atoms with E-state index in [2.05, 4.69) is 29.5 Å². The first-order chi connectivity index (χ1) is 11.2. The summed E-state index contributed by atoms with van der Waals surface area (Å²) in [5, 5.41) is 6.53. The van der Waals surface area contributed by atoms with E-state index in [1.165, 1.54) is 0 Å². The lowest BCUT2D eigenvalue weighted by Gasteiger charge is -2.12. The van der Waals surface area contributed by atoms with Crippen molar-refractivity contribution in [1.82, 2.24) is 10.6 Å². The molecule has 1 aromatic heterocycles. The maximum atomic E-state index is 5.58. The van der Waals surface area contributed by atoms with Crippen LogP contribution in [0.25, 0.3) is 0 Å². The lowest BCUT2D eigenvalue weighted by molar-refractivity contribution is 0.130. The van der Waals surface area contributed by atoms with E-state index >= 15 is 0 Å². The van der Waals surface area contributed by atoms with Gasteiger partial charge in [0.2, 0.25) is 0 Å². The van der Waals surface area contributed by atoms with Crippen molar-refractivity contribution < 1.29 is 13.9 Å². The zero-order valence-corrected chi connectivity index (χ0v) is 14.6. The molecular formula is C17H31N3O3. The normalized spacial score (nSPS) is 11.9. The van der Waals surface area contributed by atoms with Crippen LogP contribution in [0.3, 0.4) is 0 Å². The molecule has 0 spiro atoms. The fourth-order valence-corrected chi connectivity index (χ4v) is 1.85. The van der Waals surface area contributed by atoms with Crippen molar-refractivity contribution in [2.45, 2.75) is 26.7 Å². The van der Waals surface area contributed by atoms with Gasteiger partial charge in [-0.1, -0.05) is 13.8 Å². The third-order valence-electron chi connectivity index (χ3n) is 3.19. The van der Waals surface area contributed by atoms with E-state index in [-0.39, 0.29) is 0 Å². The first kappa shape index (κ1) is 19.5. The molecule has 6 heteroatoms. The molecule has 0 fully saturated rings. The number of aliphatic imine (C=N–C) groups is 1. The average Bonchev–Trinajstić information content (AvgIpc) is 3.03. The van der Waals surface area contributed by atoms with Crippen molar-refractivity contribution in [2.75, 3.05) is 46.6 Å². The minimum absolute atomic E-state index is 0.640. The summed E-state index contributed by atoms with van der Waals surface area (Å²) >= 11 is 0. The molecule has 0 aliphatic carbocycles. The van der Waals surface area contributed by atoms with Crippen LogP contribution in [0.15, 0.2) is 27.8 Å². The maximum Gasteiger partial charge on any atom is 0.191 e. The van der Waals surface area contributed by atoms with E-state index in [9.17, 15) is 0 Å². The lowest BCUT2D eigenvalue weighted by atomic mass is 10.1. The van der Waals surface area contributed by atoms with Gasteiger partial charge in [-0.15, -0.1) is 0 Å². The van der Waals surface area contributed by atoms with E-state index in [1.54, 1.807) is 13.4 Å². The standard InChI is InChI=1S/C17H31N3O3/c1-15(2)7-12-22-14-10-20-17(19-9-13-21-3)18-8-6-16-5-4-11-23-16/h4-5,11,15H,6-10,12-14H2,1-3H3,(H2,18,19,20). The minimum atomic E-state index is 0.640. The van der Waals surface area contributed by atoms with Crippen LogP contribution >= 0.6 is 0 Å². The van der Waals surface area contributed by atoms with Crippen LogP contribution in [0.2, 0.25) is 0 Å². The van der Waals surface area contributed by atoms with Crippen LogP contribution in [0.5, 0.6) is 0 Å². The largest absolute Gasteiger partial charge is 0.469 e. The number of furan rings is 1. The molecule has 0 amide bonds. The third-order valence-corrected chi connectivity index (χ3v) is 3.19. The Bertz CT molecular complexity index is 405. The molecule has 1 aromatic rings. The summed E-state index contributed by atoms with van der Waals surface area (Å²) in [4.78, 5) is 4.51. The molecule has 0 aromatic carbocycles. The van der Waals surface area contributed by atoms with Gasteiger partial charge in [0.05, 0.1) is 26.0 Å². The molecule has 0 radical (unpaired) electrons. The Morgan fingerprint density at radius 3 is 2.74 bits per heavy atom. The van der Waals surface area contributed by atoms with Crippen molar-refractivity contribution in [3.8, 4) is 0 Å². The molecule has 2 N–H and O–H groups in total. The Hall–Kier alpha value is -1.53. The highest BCUT2D eigenvalue weighted by atomic mass is 16.5. The van der Waals surface area contributed by atoms with Crippen molar-refractivity contribution in [3.63, 3.8) is 0 Å². The topological polar surface area (TPSA) is 68.0 Å². The van der Waals surface area contributed by atoms with E-state index in [0.717, 1.165) is 44.3 Å². The SMILES string of the molecule is COCCNC(=NCCOCCC(C)C)NCCc1ccco1. The number of rotatable bonds is 12. The Morgan fingerprint density at radius 2 is 2.04 bits per heavy atom. The Morgan fingerprint density at radius 1 is 1.22 bits per heavy atom. The van der Waals surface area contributed by atoms with Crippen LogP contribution in [0, 0.1) is 5.92 Å². The maximum absolute atomic E-state index is 5.58. The van der Waals surface area contributed by atoms with Crippen molar-refractivity contribution in [3.05, 3.63) is 24.2 Å². The second-order valence-electron chi connectivity index (χ2n) is 5.70. The summed E-state index contributed by atoms with van der Waals surface area (Å²) in [6.45, 7) is 8.60. The van der Waals surface area contributed by atoms with Crippen LogP contribution in [-0.4, -0.2) is 52.5 Å². The van der Waals surface area contributed by atoms with Gasteiger partial charge >= 0.3 is 0 Å². The van der Waals surface area contributed by atoms with Gasteiger partial charge in [-0.3, -0.25) is 4.99 Å². The van der Waals surface area contributed by atoms with Gasteiger partial charge in [0, 0.05) is 33.2 Å². The number of methoxy groups -OCH3 is 1. The molecule has 0 saturated carbocycles. The van der Waals surface area contributed by atoms with E-state index in [0.29, 0.717) is 25.7 Å². The molecule has 23 heavy (non-hydrogen) atoms. The molecule has 0 aliphatic heterocycles. The van der Waals surface area contributed by atoms with E-state index in [4.69, 9.17) is 13.9 Å². The zero-order chi connectivity index (χ0) is 16.8. The summed E-state index contributed by atoms with van der Waals surface area (Å²) in [6.07, 6.45) is 3.60. The molecule has 132 valence electrons. The Labute approximate surface area is 139 Å². The van der Waals surface area contributed by atoms with E-state index in [1.807, 2.05) is 12.1 Å². The highest BCUT2D eigenvalue weighted by Gasteiger charge is 2.00. The van der Waals surface area contributed by atoms with Gasteiger partial charge in [-0.25, -0.2) is 0 Å². The van der Waals surface area contributed by atoms with Crippen molar-refractivity contribution in [1.29, 1.82) is 0 Å².